The molecule has 1 aromatic rings. The molecule has 1 aromatic heterocycles. The van der Waals surface area contributed by atoms with E-state index in [1.54, 1.807) is 11.3 Å². The lowest BCUT2D eigenvalue weighted by molar-refractivity contribution is -0.140. The van der Waals surface area contributed by atoms with Gasteiger partial charge in [0.1, 0.15) is 0 Å². The van der Waals surface area contributed by atoms with Crippen LogP contribution < -0.4 is 5.32 Å². The van der Waals surface area contributed by atoms with Crippen molar-refractivity contribution in [1.29, 1.82) is 0 Å². The SMILES string of the molecule is CCCCOCCCNc1nc(CCC(=O)OC)cs1. The van der Waals surface area contributed by atoms with Crippen LogP contribution in [0.4, 0.5) is 5.13 Å². The Morgan fingerprint density at radius 2 is 2.20 bits per heavy atom. The van der Waals surface area contributed by atoms with Crippen molar-refractivity contribution in [2.45, 2.75) is 39.0 Å². The summed E-state index contributed by atoms with van der Waals surface area (Å²) in [6.45, 7) is 4.65. The van der Waals surface area contributed by atoms with Gasteiger partial charge in [-0.05, 0) is 12.8 Å². The van der Waals surface area contributed by atoms with E-state index in [9.17, 15) is 4.79 Å². The Hall–Kier alpha value is -1.14. The minimum atomic E-state index is -0.197. The molecule has 0 unspecified atom stereocenters. The van der Waals surface area contributed by atoms with Gasteiger partial charge < -0.3 is 14.8 Å². The molecule has 0 atom stereocenters. The van der Waals surface area contributed by atoms with Crippen LogP contribution in [0.3, 0.4) is 0 Å². The number of carbonyl (C=O) groups excluding carboxylic acids is 1. The fourth-order valence-electron chi connectivity index (χ4n) is 1.55. The number of nitrogens with one attached hydrogen (secondary N) is 1. The summed E-state index contributed by atoms with van der Waals surface area (Å²) < 4.78 is 10.1. The average molecular weight is 300 g/mol. The zero-order valence-corrected chi connectivity index (χ0v) is 13.1. The number of hydrogen-bond acceptors (Lipinski definition) is 6. The lowest BCUT2D eigenvalue weighted by atomic mass is 10.2. The summed E-state index contributed by atoms with van der Waals surface area (Å²) >= 11 is 1.57. The number of esters is 1. The molecule has 0 radical (unpaired) electrons. The van der Waals surface area contributed by atoms with Gasteiger partial charge in [-0.25, -0.2) is 4.98 Å². The Morgan fingerprint density at radius 3 is 2.95 bits per heavy atom. The van der Waals surface area contributed by atoms with Crippen molar-refractivity contribution < 1.29 is 14.3 Å². The number of carbonyl (C=O) groups is 1. The van der Waals surface area contributed by atoms with Crippen molar-refractivity contribution in [1.82, 2.24) is 4.98 Å². The maximum absolute atomic E-state index is 11.0. The maximum Gasteiger partial charge on any atom is 0.305 e. The predicted molar refractivity (Wildman–Crippen MR) is 81.3 cm³/mol. The van der Waals surface area contributed by atoms with E-state index in [1.165, 1.54) is 13.5 Å². The maximum atomic E-state index is 11.0. The first-order chi connectivity index (χ1) is 9.76. The number of ether oxygens (including phenoxy) is 2. The Kier molecular flexibility index (Phi) is 8.98. The standard InChI is InChI=1S/C14H24N2O3S/c1-3-4-9-19-10-5-8-15-14-16-12(11-20-14)6-7-13(17)18-2/h11H,3-10H2,1-2H3,(H,15,16). The first kappa shape index (κ1) is 16.9. The molecule has 0 fully saturated rings. The zero-order chi connectivity index (χ0) is 14.6. The van der Waals surface area contributed by atoms with Crippen LogP contribution in [0.2, 0.25) is 0 Å². The molecule has 0 amide bonds. The van der Waals surface area contributed by atoms with Crippen LogP contribution in [-0.2, 0) is 20.7 Å². The quantitative estimate of drug-likeness (QED) is 0.503. The number of aromatic nitrogens is 1. The average Bonchev–Trinajstić information content (AvgIpc) is 2.91. The van der Waals surface area contributed by atoms with E-state index in [1.807, 2.05) is 5.38 Å². The summed E-state index contributed by atoms with van der Waals surface area (Å²) in [6.07, 6.45) is 4.28. The third-order valence-electron chi connectivity index (χ3n) is 2.75. The van der Waals surface area contributed by atoms with E-state index >= 15 is 0 Å². The summed E-state index contributed by atoms with van der Waals surface area (Å²) in [5.41, 5.74) is 0.932. The van der Waals surface area contributed by atoms with E-state index in [-0.39, 0.29) is 5.97 Å². The van der Waals surface area contributed by atoms with Crippen molar-refractivity contribution in [3.8, 4) is 0 Å². The highest BCUT2D eigenvalue weighted by Crippen LogP contribution is 2.16. The van der Waals surface area contributed by atoms with Crippen molar-refractivity contribution in [3.05, 3.63) is 11.1 Å². The van der Waals surface area contributed by atoms with Crippen molar-refractivity contribution in [3.63, 3.8) is 0 Å². The zero-order valence-electron chi connectivity index (χ0n) is 12.3. The number of rotatable bonds is 11. The van der Waals surface area contributed by atoms with Gasteiger partial charge in [0.15, 0.2) is 5.13 Å². The number of nitrogens with zero attached hydrogens (tertiary/aromatic N) is 1. The summed E-state index contributed by atoms with van der Waals surface area (Å²) in [6, 6.07) is 0. The second kappa shape index (κ2) is 10.6. The van der Waals surface area contributed by atoms with Crippen LogP contribution in [0.1, 0.15) is 38.3 Å². The second-order valence-corrected chi connectivity index (χ2v) is 5.32. The number of thiazole rings is 1. The molecule has 0 aliphatic rings. The molecule has 0 saturated carbocycles. The van der Waals surface area contributed by atoms with Gasteiger partial charge in [-0.3, -0.25) is 4.79 Å². The molecular weight excluding hydrogens is 276 g/mol. The predicted octanol–water partition coefficient (Wildman–Crippen LogP) is 2.87. The van der Waals surface area contributed by atoms with Crippen LogP contribution in [0.5, 0.6) is 0 Å². The number of hydrogen-bond donors (Lipinski definition) is 1. The van der Waals surface area contributed by atoms with Crippen LogP contribution in [0, 0.1) is 0 Å². The van der Waals surface area contributed by atoms with E-state index < -0.39 is 0 Å². The molecule has 0 aliphatic carbocycles. The molecule has 0 saturated heterocycles. The molecule has 6 heteroatoms. The lowest BCUT2D eigenvalue weighted by Crippen LogP contribution is -2.06. The van der Waals surface area contributed by atoms with E-state index in [2.05, 4.69) is 22.0 Å². The van der Waals surface area contributed by atoms with Gasteiger partial charge in [0.05, 0.1) is 19.2 Å². The van der Waals surface area contributed by atoms with Crippen LogP contribution in [0.15, 0.2) is 5.38 Å². The molecule has 0 bridgehead atoms. The Morgan fingerprint density at radius 1 is 1.40 bits per heavy atom. The van der Waals surface area contributed by atoms with Crippen LogP contribution >= 0.6 is 11.3 Å². The van der Waals surface area contributed by atoms with Gasteiger partial charge in [0, 0.05) is 31.6 Å². The molecule has 0 spiro atoms. The highest BCUT2D eigenvalue weighted by Gasteiger charge is 2.05. The molecule has 1 heterocycles. The largest absolute Gasteiger partial charge is 0.469 e. The van der Waals surface area contributed by atoms with Crippen LogP contribution in [-0.4, -0.2) is 37.8 Å². The van der Waals surface area contributed by atoms with Crippen molar-refractivity contribution in [2.75, 3.05) is 32.2 Å². The molecule has 0 aliphatic heterocycles. The molecule has 114 valence electrons. The molecule has 5 nitrogen and oxygen atoms in total. The minimum absolute atomic E-state index is 0.197. The van der Waals surface area contributed by atoms with Crippen molar-refractivity contribution >= 4 is 22.4 Å². The third-order valence-corrected chi connectivity index (χ3v) is 3.60. The molecule has 20 heavy (non-hydrogen) atoms. The molecule has 0 aromatic carbocycles. The highest BCUT2D eigenvalue weighted by atomic mass is 32.1. The third kappa shape index (κ3) is 7.45. The first-order valence-electron chi connectivity index (χ1n) is 7.09. The number of unbranched alkanes of at least 4 members (excludes halogenated alkanes) is 1. The monoisotopic (exact) mass is 300 g/mol. The van der Waals surface area contributed by atoms with E-state index in [0.29, 0.717) is 12.8 Å². The smallest absolute Gasteiger partial charge is 0.305 e. The number of methoxy groups -OCH3 is 1. The van der Waals surface area contributed by atoms with E-state index in [0.717, 1.165) is 43.4 Å². The Bertz CT molecular complexity index is 382. The summed E-state index contributed by atoms with van der Waals surface area (Å²) in [7, 11) is 1.40. The highest BCUT2D eigenvalue weighted by molar-refractivity contribution is 7.13. The molecule has 1 rings (SSSR count). The minimum Gasteiger partial charge on any atom is -0.469 e. The fourth-order valence-corrected chi connectivity index (χ4v) is 2.33. The summed E-state index contributed by atoms with van der Waals surface area (Å²) in [5, 5.41) is 6.15. The number of aryl methyl sites for hydroxylation is 1. The normalized spacial score (nSPS) is 10.5. The van der Waals surface area contributed by atoms with Crippen molar-refractivity contribution in [2.24, 2.45) is 0 Å². The van der Waals surface area contributed by atoms with Gasteiger partial charge in [-0.2, -0.15) is 0 Å². The topological polar surface area (TPSA) is 60.5 Å². The Labute approximate surface area is 124 Å². The summed E-state index contributed by atoms with van der Waals surface area (Å²) in [5.74, 6) is -0.197. The summed E-state index contributed by atoms with van der Waals surface area (Å²) in [4.78, 5) is 15.5. The molecule has 1 N–H and O–H groups in total. The number of anilines is 1. The first-order valence-corrected chi connectivity index (χ1v) is 7.97. The van der Waals surface area contributed by atoms with Gasteiger partial charge in [0.25, 0.3) is 0 Å². The fraction of sp³-hybridized carbons (Fsp3) is 0.714. The van der Waals surface area contributed by atoms with Gasteiger partial charge in [-0.1, -0.05) is 13.3 Å². The van der Waals surface area contributed by atoms with Gasteiger partial charge in [-0.15, -0.1) is 11.3 Å². The molecular formula is C14H24N2O3S. The Balaban J connectivity index is 2.09. The van der Waals surface area contributed by atoms with Gasteiger partial charge in [0.2, 0.25) is 0 Å². The lowest BCUT2D eigenvalue weighted by Gasteiger charge is -2.04. The van der Waals surface area contributed by atoms with E-state index in [4.69, 9.17) is 4.74 Å². The van der Waals surface area contributed by atoms with Crippen LogP contribution in [0.25, 0.3) is 0 Å². The second-order valence-electron chi connectivity index (χ2n) is 4.47. The van der Waals surface area contributed by atoms with Gasteiger partial charge >= 0.3 is 5.97 Å².